The van der Waals surface area contributed by atoms with Crippen LogP contribution in [0, 0.1) is 50.7 Å². The van der Waals surface area contributed by atoms with Crippen LogP contribution in [0.2, 0.25) is 0 Å². The average Bonchev–Trinajstić information content (AvgIpc) is 3.70. The summed E-state index contributed by atoms with van der Waals surface area (Å²) in [5.74, 6) is 1.64. The molecule has 8 fully saturated rings. The van der Waals surface area contributed by atoms with Crippen molar-refractivity contribution in [1.82, 2.24) is 9.80 Å². The highest BCUT2D eigenvalue weighted by Gasteiger charge is 2.84. The molecule has 3 N–H and O–H groups in total. The fraction of sp³-hybridized carbons (Fsp3) is 0.975. The number of fused-ring (bicyclic) bond motifs is 4. The number of hydrogen-bond donors (Lipinski definition) is 3. The number of morpholine rings is 2. The first-order chi connectivity index (χ1) is 23.5. The molecule has 1 amide bonds. The molecule has 8 rings (SSSR count). The second-order valence-corrected chi connectivity index (χ2v) is 19.8. The summed E-state index contributed by atoms with van der Waals surface area (Å²) in [5.41, 5.74) is -1.10. The zero-order valence-corrected chi connectivity index (χ0v) is 31.9. The second-order valence-electron chi connectivity index (χ2n) is 19.8. The van der Waals surface area contributed by atoms with E-state index in [1.165, 1.54) is 12.8 Å². The molecule has 3 saturated heterocycles. The number of rotatable bonds is 6. The van der Waals surface area contributed by atoms with E-state index in [-0.39, 0.29) is 57.0 Å². The number of aliphatic hydroxyl groups excluding tert-OH is 2. The largest absolute Gasteiger partial charge is 0.390 e. The lowest BCUT2D eigenvalue weighted by atomic mass is 9.41. The zero-order valence-electron chi connectivity index (χ0n) is 31.9. The Balaban J connectivity index is 0.974. The maximum atomic E-state index is 13.2. The fourth-order valence-electron chi connectivity index (χ4n) is 14.4. The molecule has 284 valence electrons. The number of carbonyl (C=O) groups excluding carboxylic acids is 1. The minimum atomic E-state index is -1.26. The molecule has 0 bridgehead atoms. The van der Waals surface area contributed by atoms with Gasteiger partial charge in [0.1, 0.15) is 6.10 Å². The molecule has 0 aromatic rings. The van der Waals surface area contributed by atoms with Crippen LogP contribution in [0.25, 0.3) is 0 Å². The van der Waals surface area contributed by atoms with Crippen LogP contribution in [0.1, 0.15) is 99.8 Å². The SMILES string of the molecule is CC1CC(C(O)C(C)(C)O)OC2C1C1(C)CCC34CC35CCC(OC3CN(C(=O)CN6CCOCC6)CCO3)C(C)(C)C5CCC4C1(C)C2O. The molecule has 14 unspecified atom stereocenters. The van der Waals surface area contributed by atoms with E-state index in [2.05, 4.69) is 39.5 Å². The summed E-state index contributed by atoms with van der Waals surface area (Å²) in [4.78, 5) is 17.3. The van der Waals surface area contributed by atoms with Crippen molar-refractivity contribution in [2.24, 2.45) is 50.7 Å². The molecular formula is C40H66N2O8. The molecule has 3 heterocycles. The Morgan fingerprint density at radius 3 is 2.40 bits per heavy atom. The van der Waals surface area contributed by atoms with Crippen molar-refractivity contribution >= 4 is 5.91 Å². The van der Waals surface area contributed by atoms with Gasteiger partial charge in [-0.15, -0.1) is 0 Å². The molecular weight excluding hydrogens is 636 g/mol. The van der Waals surface area contributed by atoms with Gasteiger partial charge >= 0.3 is 0 Å². The van der Waals surface area contributed by atoms with E-state index in [4.69, 9.17) is 18.9 Å². The van der Waals surface area contributed by atoms with Crippen molar-refractivity contribution < 1.29 is 39.1 Å². The van der Waals surface area contributed by atoms with Gasteiger partial charge in [-0.2, -0.15) is 0 Å². The molecule has 50 heavy (non-hydrogen) atoms. The topological polar surface area (TPSA) is 121 Å². The van der Waals surface area contributed by atoms with Crippen LogP contribution in [0.4, 0.5) is 0 Å². The van der Waals surface area contributed by atoms with Crippen LogP contribution in [0.5, 0.6) is 0 Å². The van der Waals surface area contributed by atoms with Crippen LogP contribution in [-0.4, -0.2) is 126 Å². The zero-order chi connectivity index (χ0) is 35.6. The first-order valence-electron chi connectivity index (χ1n) is 20.1. The third kappa shape index (κ3) is 5.04. The first kappa shape index (κ1) is 36.1. The Morgan fingerprint density at radius 1 is 0.980 bits per heavy atom. The van der Waals surface area contributed by atoms with Crippen molar-refractivity contribution in [3.05, 3.63) is 0 Å². The third-order valence-electron chi connectivity index (χ3n) is 17.0. The molecule has 5 saturated carbocycles. The predicted octanol–water partition coefficient (Wildman–Crippen LogP) is 3.83. The van der Waals surface area contributed by atoms with E-state index in [1.807, 2.05) is 4.90 Å². The minimum absolute atomic E-state index is 0.0296. The maximum absolute atomic E-state index is 13.2. The Bertz CT molecular complexity index is 1320. The van der Waals surface area contributed by atoms with E-state index >= 15 is 0 Å². The molecule has 8 aliphatic rings. The molecule has 3 aliphatic heterocycles. The third-order valence-corrected chi connectivity index (χ3v) is 17.0. The summed E-state index contributed by atoms with van der Waals surface area (Å²) in [5, 5.41) is 34.2. The van der Waals surface area contributed by atoms with Gasteiger partial charge in [-0.25, -0.2) is 0 Å². The summed E-state index contributed by atoms with van der Waals surface area (Å²) in [6.45, 7) is 20.3. The van der Waals surface area contributed by atoms with E-state index in [1.54, 1.807) is 13.8 Å². The van der Waals surface area contributed by atoms with Crippen molar-refractivity contribution in [3.63, 3.8) is 0 Å². The standard InChI is InChI=1S/C40H66N2O8/c1-24-20-25(33(44)36(4,5)46)49-32-31(24)37(6)12-13-40-23-39(40)11-10-28(35(2,3)26(39)8-9-27(40)38(37,7)34(32)45)50-30-22-42(16-19-48-30)29(43)21-41-14-17-47-18-15-41/h24-28,30-34,44-46H,8-23H2,1-7H3. The number of amides is 1. The van der Waals surface area contributed by atoms with Crippen molar-refractivity contribution in [2.75, 3.05) is 52.5 Å². The lowest BCUT2D eigenvalue weighted by Gasteiger charge is -2.64. The Hall–Kier alpha value is -0.850. The van der Waals surface area contributed by atoms with Gasteiger partial charge < -0.3 is 39.2 Å². The van der Waals surface area contributed by atoms with E-state index in [9.17, 15) is 20.1 Å². The predicted molar refractivity (Wildman–Crippen MR) is 187 cm³/mol. The summed E-state index contributed by atoms with van der Waals surface area (Å²) < 4.78 is 25.2. The maximum Gasteiger partial charge on any atom is 0.237 e. The number of nitrogens with zero attached hydrogens (tertiary/aromatic N) is 2. The smallest absolute Gasteiger partial charge is 0.237 e. The van der Waals surface area contributed by atoms with E-state index < -0.39 is 30.2 Å². The quantitative estimate of drug-likeness (QED) is 0.380. The highest BCUT2D eigenvalue weighted by molar-refractivity contribution is 5.78. The molecule has 0 aromatic carbocycles. The lowest BCUT2D eigenvalue weighted by Crippen LogP contribution is -2.60. The summed E-state index contributed by atoms with van der Waals surface area (Å²) in [6, 6.07) is 0. The van der Waals surface area contributed by atoms with Gasteiger partial charge in [0.25, 0.3) is 0 Å². The van der Waals surface area contributed by atoms with Gasteiger partial charge in [0.2, 0.25) is 5.91 Å². The van der Waals surface area contributed by atoms with Crippen molar-refractivity contribution in [2.45, 2.75) is 142 Å². The van der Waals surface area contributed by atoms with Gasteiger partial charge in [-0.1, -0.05) is 34.6 Å². The van der Waals surface area contributed by atoms with Crippen LogP contribution in [0.15, 0.2) is 0 Å². The van der Waals surface area contributed by atoms with Gasteiger partial charge in [0.05, 0.1) is 62.9 Å². The Morgan fingerprint density at radius 2 is 1.68 bits per heavy atom. The molecule has 2 spiro atoms. The number of aliphatic hydroxyl groups is 3. The monoisotopic (exact) mass is 702 g/mol. The summed E-state index contributed by atoms with van der Waals surface area (Å²) >= 11 is 0. The molecule has 5 aliphatic carbocycles. The fourth-order valence-corrected chi connectivity index (χ4v) is 14.4. The van der Waals surface area contributed by atoms with Gasteiger partial charge in [0.15, 0.2) is 6.29 Å². The number of hydrogen-bond acceptors (Lipinski definition) is 9. The lowest BCUT2D eigenvalue weighted by molar-refractivity contribution is -0.248. The van der Waals surface area contributed by atoms with E-state index in [0.29, 0.717) is 57.7 Å². The van der Waals surface area contributed by atoms with Crippen LogP contribution >= 0.6 is 0 Å². The van der Waals surface area contributed by atoms with Gasteiger partial charge in [-0.05, 0) is 111 Å². The van der Waals surface area contributed by atoms with Crippen LogP contribution in [-0.2, 0) is 23.7 Å². The van der Waals surface area contributed by atoms with Crippen LogP contribution < -0.4 is 0 Å². The molecule has 0 radical (unpaired) electrons. The summed E-state index contributed by atoms with van der Waals surface area (Å²) in [6.07, 6.45) is 5.94. The first-order valence-corrected chi connectivity index (χ1v) is 20.1. The molecule has 10 heteroatoms. The van der Waals surface area contributed by atoms with Crippen molar-refractivity contribution in [1.29, 1.82) is 0 Å². The van der Waals surface area contributed by atoms with Gasteiger partial charge in [0, 0.05) is 25.0 Å². The highest BCUT2D eigenvalue weighted by atomic mass is 16.7. The average molecular weight is 703 g/mol. The van der Waals surface area contributed by atoms with Crippen molar-refractivity contribution in [3.8, 4) is 0 Å². The molecule has 0 aromatic heterocycles. The molecule has 10 nitrogen and oxygen atoms in total. The normalized spacial score (nSPS) is 50.7. The molecule has 14 atom stereocenters. The Kier molecular flexibility index (Phi) is 8.73. The minimum Gasteiger partial charge on any atom is -0.390 e. The highest BCUT2D eigenvalue weighted by Crippen LogP contribution is 2.89. The number of carbonyl (C=O) groups is 1. The van der Waals surface area contributed by atoms with Gasteiger partial charge in [-0.3, -0.25) is 9.69 Å². The van der Waals surface area contributed by atoms with E-state index in [0.717, 1.165) is 45.2 Å². The second kappa shape index (κ2) is 12.1. The number of ether oxygens (including phenoxy) is 4. The Labute approximate surface area is 299 Å². The van der Waals surface area contributed by atoms with Crippen LogP contribution in [0.3, 0.4) is 0 Å². The summed E-state index contributed by atoms with van der Waals surface area (Å²) in [7, 11) is 0.